The van der Waals surface area contributed by atoms with Crippen molar-refractivity contribution in [2.45, 2.75) is 12.5 Å². The van der Waals surface area contributed by atoms with E-state index in [1.165, 1.54) is 5.56 Å². The smallest absolute Gasteiger partial charge is 0.160 e. The third kappa shape index (κ3) is 1.57. The highest BCUT2D eigenvalue weighted by atomic mass is 16.5. The van der Waals surface area contributed by atoms with E-state index in [0.717, 1.165) is 23.5 Å². The number of benzene rings is 2. The van der Waals surface area contributed by atoms with Crippen LogP contribution in [0.2, 0.25) is 0 Å². The number of hydrogen-bond donors (Lipinski definition) is 1. The van der Waals surface area contributed by atoms with Crippen molar-refractivity contribution in [3.63, 3.8) is 0 Å². The monoisotopic (exact) mass is 261 g/mol. The number of nitriles is 1. The Bertz CT molecular complexity index is 819. The van der Waals surface area contributed by atoms with Gasteiger partial charge < -0.3 is 9.72 Å². The molecule has 3 aromatic rings. The van der Waals surface area contributed by atoms with E-state index in [1.807, 2.05) is 30.3 Å². The predicted octanol–water partition coefficient (Wildman–Crippen LogP) is 3.11. The second-order valence-corrected chi connectivity index (χ2v) is 4.85. The van der Waals surface area contributed by atoms with Crippen LogP contribution in [0.5, 0.6) is 5.75 Å². The number of aromatic amines is 1. The van der Waals surface area contributed by atoms with Crippen molar-refractivity contribution < 1.29 is 4.74 Å². The molecule has 1 N–H and O–H groups in total. The number of aromatic nitrogens is 2. The number of fused-ring (bicyclic) bond motifs is 2. The van der Waals surface area contributed by atoms with E-state index in [1.54, 1.807) is 6.07 Å². The molecule has 4 nitrogen and oxygen atoms in total. The van der Waals surface area contributed by atoms with E-state index >= 15 is 0 Å². The van der Waals surface area contributed by atoms with Gasteiger partial charge in [-0.05, 0) is 23.8 Å². The molecule has 4 rings (SSSR count). The van der Waals surface area contributed by atoms with Crippen LogP contribution in [0, 0.1) is 11.3 Å². The Labute approximate surface area is 115 Å². The van der Waals surface area contributed by atoms with E-state index < -0.39 is 0 Å². The summed E-state index contributed by atoms with van der Waals surface area (Å²) in [5, 5.41) is 9.12. The molecule has 1 unspecified atom stereocenters. The normalized spacial score (nSPS) is 16.6. The lowest BCUT2D eigenvalue weighted by atomic mass is 10.1. The Morgan fingerprint density at radius 3 is 2.95 bits per heavy atom. The first kappa shape index (κ1) is 11.1. The van der Waals surface area contributed by atoms with Crippen molar-refractivity contribution in [3.05, 3.63) is 59.4 Å². The third-order valence-corrected chi connectivity index (χ3v) is 3.60. The molecule has 0 amide bonds. The lowest BCUT2D eigenvalue weighted by Crippen LogP contribution is -2.05. The lowest BCUT2D eigenvalue weighted by molar-refractivity contribution is 0.229. The summed E-state index contributed by atoms with van der Waals surface area (Å²) in [5.41, 5.74) is 3.36. The van der Waals surface area contributed by atoms with Crippen molar-refractivity contribution in [3.8, 4) is 11.8 Å². The number of rotatable bonds is 1. The minimum absolute atomic E-state index is 0.105. The van der Waals surface area contributed by atoms with E-state index in [9.17, 15) is 0 Å². The van der Waals surface area contributed by atoms with Crippen molar-refractivity contribution in [1.29, 1.82) is 5.26 Å². The fourth-order valence-electron chi connectivity index (χ4n) is 2.63. The van der Waals surface area contributed by atoms with Crippen LogP contribution in [0.25, 0.3) is 11.0 Å². The number of nitrogens with zero attached hydrogens (tertiary/aromatic N) is 2. The van der Waals surface area contributed by atoms with Crippen LogP contribution in [0.3, 0.4) is 0 Å². The van der Waals surface area contributed by atoms with Gasteiger partial charge in [-0.3, -0.25) is 0 Å². The molecular weight excluding hydrogens is 250 g/mol. The van der Waals surface area contributed by atoms with Gasteiger partial charge in [0.1, 0.15) is 23.2 Å². The number of para-hydroxylation sites is 2. The quantitative estimate of drug-likeness (QED) is 0.732. The van der Waals surface area contributed by atoms with Gasteiger partial charge in [-0.1, -0.05) is 24.3 Å². The Balaban J connectivity index is 1.76. The average molecular weight is 261 g/mol. The topological polar surface area (TPSA) is 61.7 Å². The van der Waals surface area contributed by atoms with Crippen LogP contribution < -0.4 is 4.74 Å². The molecule has 0 aliphatic carbocycles. The molecule has 4 heteroatoms. The minimum Gasteiger partial charge on any atom is -0.482 e. The highest BCUT2D eigenvalue weighted by Gasteiger charge is 2.26. The molecule has 0 saturated heterocycles. The number of H-pyrrole nitrogens is 1. The zero-order chi connectivity index (χ0) is 13.5. The van der Waals surface area contributed by atoms with Crippen molar-refractivity contribution in [1.82, 2.24) is 9.97 Å². The van der Waals surface area contributed by atoms with Crippen LogP contribution in [0.15, 0.2) is 42.5 Å². The largest absolute Gasteiger partial charge is 0.482 e. The highest BCUT2D eigenvalue weighted by Crippen LogP contribution is 2.35. The fourth-order valence-corrected chi connectivity index (χ4v) is 2.63. The van der Waals surface area contributed by atoms with E-state index in [4.69, 9.17) is 10.00 Å². The van der Waals surface area contributed by atoms with Gasteiger partial charge >= 0.3 is 0 Å². The second-order valence-electron chi connectivity index (χ2n) is 4.85. The first-order valence-electron chi connectivity index (χ1n) is 6.48. The molecular formula is C16H11N3O. The first-order valence-corrected chi connectivity index (χ1v) is 6.48. The van der Waals surface area contributed by atoms with Crippen LogP contribution in [-0.4, -0.2) is 9.97 Å². The summed E-state index contributed by atoms with van der Waals surface area (Å²) in [6.07, 6.45) is 0.698. The zero-order valence-electron chi connectivity index (χ0n) is 10.6. The molecule has 20 heavy (non-hydrogen) atoms. The SMILES string of the molecule is N#Cc1cccc2[nH]c(C3Cc4ccccc4O3)nc12. The Morgan fingerprint density at radius 1 is 1.20 bits per heavy atom. The van der Waals surface area contributed by atoms with E-state index in [0.29, 0.717) is 11.1 Å². The van der Waals surface area contributed by atoms with Crippen molar-refractivity contribution >= 4 is 11.0 Å². The lowest BCUT2D eigenvalue weighted by Gasteiger charge is -2.06. The molecule has 1 aromatic heterocycles. The maximum atomic E-state index is 9.12. The molecule has 0 saturated carbocycles. The highest BCUT2D eigenvalue weighted by molar-refractivity contribution is 5.81. The van der Waals surface area contributed by atoms with Crippen LogP contribution in [0.4, 0.5) is 0 Å². The maximum Gasteiger partial charge on any atom is 0.160 e. The number of ether oxygens (including phenoxy) is 1. The molecule has 0 fully saturated rings. The van der Waals surface area contributed by atoms with Gasteiger partial charge in [0.15, 0.2) is 6.10 Å². The second kappa shape index (κ2) is 4.10. The molecule has 2 aromatic carbocycles. The summed E-state index contributed by atoms with van der Waals surface area (Å²) < 4.78 is 5.92. The zero-order valence-corrected chi connectivity index (χ0v) is 10.6. The predicted molar refractivity (Wildman–Crippen MR) is 74.3 cm³/mol. The Kier molecular flexibility index (Phi) is 2.27. The molecule has 0 bridgehead atoms. The molecule has 1 aliphatic rings. The van der Waals surface area contributed by atoms with Crippen LogP contribution >= 0.6 is 0 Å². The van der Waals surface area contributed by atoms with E-state index in [-0.39, 0.29) is 6.10 Å². The molecule has 0 radical (unpaired) electrons. The van der Waals surface area contributed by atoms with Crippen molar-refractivity contribution in [2.24, 2.45) is 0 Å². The van der Waals surface area contributed by atoms with Crippen molar-refractivity contribution in [2.75, 3.05) is 0 Å². The fraction of sp³-hybridized carbons (Fsp3) is 0.125. The van der Waals surface area contributed by atoms with E-state index in [2.05, 4.69) is 22.1 Å². The van der Waals surface area contributed by atoms with Gasteiger partial charge in [-0.2, -0.15) is 5.26 Å². The standard InChI is InChI=1S/C16H11N3O/c17-9-11-5-3-6-12-15(11)19-16(18-12)14-8-10-4-1-2-7-13(10)20-14/h1-7,14H,8H2,(H,18,19). The summed E-state index contributed by atoms with van der Waals surface area (Å²) in [6, 6.07) is 15.7. The maximum absolute atomic E-state index is 9.12. The summed E-state index contributed by atoms with van der Waals surface area (Å²) in [6.45, 7) is 0. The molecule has 96 valence electrons. The number of imidazole rings is 1. The summed E-state index contributed by atoms with van der Waals surface area (Å²) in [5.74, 6) is 1.69. The molecule has 1 aliphatic heterocycles. The summed E-state index contributed by atoms with van der Waals surface area (Å²) >= 11 is 0. The number of nitrogens with one attached hydrogen (secondary N) is 1. The third-order valence-electron chi connectivity index (χ3n) is 3.60. The Hall–Kier alpha value is -2.80. The van der Waals surface area contributed by atoms with Gasteiger partial charge in [0.2, 0.25) is 0 Å². The summed E-state index contributed by atoms with van der Waals surface area (Å²) in [7, 11) is 0. The van der Waals surface area contributed by atoms with Gasteiger partial charge in [-0.15, -0.1) is 0 Å². The van der Waals surface area contributed by atoms with Gasteiger partial charge in [0, 0.05) is 6.42 Å². The minimum atomic E-state index is -0.105. The first-order chi connectivity index (χ1) is 9.85. The number of hydrogen-bond acceptors (Lipinski definition) is 3. The average Bonchev–Trinajstić information content (AvgIpc) is 3.09. The molecule has 1 atom stereocenters. The van der Waals surface area contributed by atoms with Gasteiger partial charge in [0.25, 0.3) is 0 Å². The molecule has 0 spiro atoms. The molecule has 2 heterocycles. The van der Waals surface area contributed by atoms with Gasteiger partial charge in [-0.25, -0.2) is 4.98 Å². The van der Waals surface area contributed by atoms with Gasteiger partial charge in [0.05, 0.1) is 11.1 Å². The Morgan fingerprint density at radius 2 is 2.10 bits per heavy atom. The summed E-state index contributed by atoms with van der Waals surface area (Å²) in [4.78, 5) is 7.81. The van der Waals surface area contributed by atoms with Crippen LogP contribution in [-0.2, 0) is 6.42 Å². The van der Waals surface area contributed by atoms with Crippen LogP contribution in [0.1, 0.15) is 23.1 Å².